The van der Waals surface area contributed by atoms with Gasteiger partial charge in [-0.1, -0.05) is 40.9 Å². The van der Waals surface area contributed by atoms with Gasteiger partial charge in [-0.3, -0.25) is 19.3 Å². The van der Waals surface area contributed by atoms with Gasteiger partial charge in [0.2, 0.25) is 5.91 Å². The summed E-state index contributed by atoms with van der Waals surface area (Å²) in [4.78, 5) is 38.6. The maximum Gasteiger partial charge on any atom is 0.262 e. The van der Waals surface area contributed by atoms with E-state index in [1.54, 1.807) is 18.2 Å². The van der Waals surface area contributed by atoms with E-state index in [9.17, 15) is 14.4 Å². The Morgan fingerprint density at radius 3 is 2.00 bits per heavy atom. The summed E-state index contributed by atoms with van der Waals surface area (Å²) in [6, 6.07) is 6.77. The second-order valence-electron chi connectivity index (χ2n) is 5.94. The van der Waals surface area contributed by atoms with Gasteiger partial charge in [-0.2, -0.15) is 0 Å². The first-order valence-electron chi connectivity index (χ1n) is 7.64. The number of fused-ring (bicyclic) bond motifs is 1. The molecule has 0 aliphatic carbocycles. The summed E-state index contributed by atoms with van der Waals surface area (Å²) in [7, 11) is 0. The molecule has 8 heteroatoms. The van der Waals surface area contributed by atoms with Crippen LogP contribution in [-0.2, 0) is 4.79 Å². The number of benzene rings is 2. The van der Waals surface area contributed by atoms with Crippen molar-refractivity contribution in [3.8, 4) is 0 Å². The smallest absolute Gasteiger partial charge is 0.262 e. The van der Waals surface area contributed by atoms with Crippen molar-refractivity contribution in [2.45, 2.75) is 19.9 Å². The van der Waals surface area contributed by atoms with Gasteiger partial charge >= 0.3 is 0 Å². The number of rotatable bonds is 3. The quantitative estimate of drug-likeness (QED) is 0.752. The molecule has 134 valence electrons. The Morgan fingerprint density at radius 2 is 1.50 bits per heavy atom. The SMILES string of the molecule is Cc1ccc(NC(=O)[C@H](C)N2C(=O)c3cc(Cl)c(Cl)cc3C2=O)c(Cl)c1. The Balaban J connectivity index is 1.86. The first kappa shape index (κ1) is 18.7. The minimum absolute atomic E-state index is 0.123. The molecule has 0 spiro atoms. The third-order valence-corrected chi connectivity index (χ3v) is 5.14. The van der Waals surface area contributed by atoms with E-state index in [4.69, 9.17) is 34.8 Å². The van der Waals surface area contributed by atoms with Crippen LogP contribution in [0.15, 0.2) is 30.3 Å². The summed E-state index contributed by atoms with van der Waals surface area (Å²) in [5.41, 5.74) is 1.59. The largest absolute Gasteiger partial charge is 0.323 e. The second kappa shape index (κ2) is 6.91. The van der Waals surface area contributed by atoms with E-state index >= 15 is 0 Å². The van der Waals surface area contributed by atoms with Gasteiger partial charge in [0, 0.05) is 0 Å². The number of aryl methyl sites for hydroxylation is 1. The molecule has 0 aromatic heterocycles. The summed E-state index contributed by atoms with van der Waals surface area (Å²) < 4.78 is 0. The molecule has 26 heavy (non-hydrogen) atoms. The highest BCUT2D eigenvalue weighted by molar-refractivity contribution is 6.43. The molecular formula is C18H13Cl3N2O3. The molecule has 0 radical (unpaired) electrons. The lowest BCUT2D eigenvalue weighted by molar-refractivity contribution is -0.119. The van der Waals surface area contributed by atoms with Crippen LogP contribution in [0.1, 0.15) is 33.2 Å². The normalized spacial score (nSPS) is 14.4. The van der Waals surface area contributed by atoms with Crippen molar-refractivity contribution in [1.29, 1.82) is 0 Å². The highest BCUT2D eigenvalue weighted by Gasteiger charge is 2.41. The van der Waals surface area contributed by atoms with Gasteiger partial charge < -0.3 is 5.32 Å². The molecule has 2 aromatic carbocycles. The number of halogens is 3. The zero-order valence-corrected chi connectivity index (χ0v) is 16.0. The molecule has 1 aliphatic heterocycles. The predicted octanol–water partition coefficient (Wildman–Crippen LogP) is 4.58. The number of nitrogens with zero attached hydrogens (tertiary/aromatic N) is 1. The molecule has 1 atom stereocenters. The monoisotopic (exact) mass is 410 g/mol. The lowest BCUT2D eigenvalue weighted by Crippen LogP contribution is -2.45. The fourth-order valence-electron chi connectivity index (χ4n) is 2.68. The average molecular weight is 412 g/mol. The van der Waals surface area contributed by atoms with E-state index in [1.165, 1.54) is 19.1 Å². The van der Waals surface area contributed by atoms with Crippen LogP contribution in [-0.4, -0.2) is 28.7 Å². The number of hydrogen-bond donors (Lipinski definition) is 1. The summed E-state index contributed by atoms with van der Waals surface area (Å²) >= 11 is 18.0. The van der Waals surface area contributed by atoms with Gasteiger partial charge in [0.05, 0.1) is 31.9 Å². The van der Waals surface area contributed by atoms with Crippen LogP contribution in [0.2, 0.25) is 15.1 Å². The van der Waals surface area contributed by atoms with E-state index < -0.39 is 23.8 Å². The third kappa shape index (κ3) is 3.18. The fraction of sp³-hybridized carbons (Fsp3) is 0.167. The average Bonchev–Trinajstić information content (AvgIpc) is 2.81. The Labute approximate surface area is 164 Å². The number of hydrogen-bond acceptors (Lipinski definition) is 3. The van der Waals surface area contributed by atoms with Crippen molar-refractivity contribution < 1.29 is 14.4 Å². The summed E-state index contributed by atoms with van der Waals surface area (Å²) in [5.74, 6) is -1.73. The Morgan fingerprint density at radius 1 is 0.962 bits per heavy atom. The highest BCUT2D eigenvalue weighted by atomic mass is 35.5. The third-order valence-electron chi connectivity index (χ3n) is 4.11. The van der Waals surface area contributed by atoms with Crippen LogP contribution in [0.25, 0.3) is 0 Å². The Bertz CT molecular complexity index is 918. The molecule has 3 amide bonds. The predicted molar refractivity (Wildman–Crippen MR) is 101 cm³/mol. The second-order valence-corrected chi connectivity index (χ2v) is 7.16. The standard InChI is InChI=1S/C18H13Cl3N2O3/c1-8-3-4-15(14(21)5-8)22-16(24)9(2)23-17(25)10-6-12(19)13(20)7-11(10)18(23)26/h3-7,9H,1-2H3,(H,22,24)/t9-/m0/s1. The molecule has 1 aliphatic rings. The summed E-state index contributed by atoms with van der Waals surface area (Å²) in [5, 5.41) is 3.33. The molecule has 2 aromatic rings. The Kier molecular flexibility index (Phi) is 4.97. The van der Waals surface area contributed by atoms with Gasteiger partial charge in [-0.15, -0.1) is 0 Å². The van der Waals surface area contributed by atoms with Crippen molar-refractivity contribution >= 4 is 58.2 Å². The minimum Gasteiger partial charge on any atom is -0.323 e. The lowest BCUT2D eigenvalue weighted by Gasteiger charge is -2.22. The molecule has 0 saturated heterocycles. The molecule has 0 saturated carbocycles. The van der Waals surface area contributed by atoms with Gasteiger partial charge in [-0.25, -0.2) is 0 Å². The van der Waals surface area contributed by atoms with Crippen LogP contribution in [0.4, 0.5) is 5.69 Å². The molecule has 0 fully saturated rings. The number of imide groups is 1. The molecule has 0 bridgehead atoms. The van der Waals surface area contributed by atoms with Crippen molar-refractivity contribution in [2.24, 2.45) is 0 Å². The molecule has 3 rings (SSSR count). The van der Waals surface area contributed by atoms with Crippen molar-refractivity contribution in [3.05, 3.63) is 62.1 Å². The number of amides is 3. The van der Waals surface area contributed by atoms with Crippen LogP contribution in [0.3, 0.4) is 0 Å². The number of carbonyl (C=O) groups excluding carboxylic acids is 3. The maximum absolute atomic E-state index is 12.6. The van der Waals surface area contributed by atoms with Crippen LogP contribution in [0, 0.1) is 6.92 Å². The van der Waals surface area contributed by atoms with Gasteiger partial charge in [-0.05, 0) is 43.7 Å². The molecule has 1 heterocycles. The van der Waals surface area contributed by atoms with Crippen molar-refractivity contribution in [1.82, 2.24) is 4.90 Å². The van der Waals surface area contributed by atoms with Crippen LogP contribution >= 0.6 is 34.8 Å². The number of anilines is 1. The Hall–Kier alpha value is -2.08. The lowest BCUT2D eigenvalue weighted by atomic mass is 10.1. The number of carbonyl (C=O) groups is 3. The van der Waals surface area contributed by atoms with E-state index in [0.29, 0.717) is 10.7 Å². The zero-order valence-electron chi connectivity index (χ0n) is 13.8. The van der Waals surface area contributed by atoms with Crippen LogP contribution < -0.4 is 5.32 Å². The van der Waals surface area contributed by atoms with Gasteiger partial charge in [0.15, 0.2) is 0 Å². The van der Waals surface area contributed by atoms with E-state index in [2.05, 4.69) is 5.32 Å². The van der Waals surface area contributed by atoms with E-state index in [-0.39, 0.29) is 21.2 Å². The van der Waals surface area contributed by atoms with Crippen molar-refractivity contribution in [3.63, 3.8) is 0 Å². The molecule has 5 nitrogen and oxygen atoms in total. The topological polar surface area (TPSA) is 66.5 Å². The highest BCUT2D eigenvalue weighted by Crippen LogP contribution is 2.32. The zero-order chi connectivity index (χ0) is 19.2. The van der Waals surface area contributed by atoms with Crippen molar-refractivity contribution in [2.75, 3.05) is 5.32 Å². The van der Waals surface area contributed by atoms with Crippen LogP contribution in [0.5, 0.6) is 0 Å². The molecular weight excluding hydrogens is 399 g/mol. The van der Waals surface area contributed by atoms with E-state index in [0.717, 1.165) is 10.5 Å². The van der Waals surface area contributed by atoms with E-state index in [1.807, 2.05) is 6.92 Å². The minimum atomic E-state index is -1.04. The van der Waals surface area contributed by atoms with Gasteiger partial charge in [0.25, 0.3) is 11.8 Å². The first-order valence-corrected chi connectivity index (χ1v) is 8.78. The molecule has 1 N–H and O–H groups in total. The maximum atomic E-state index is 12.6. The van der Waals surface area contributed by atoms with Gasteiger partial charge in [0.1, 0.15) is 6.04 Å². The summed E-state index contributed by atoms with van der Waals surface area (Å²) in [6.07, 6.45) is 0. The molecule has 0 unspecified atom stereocenters. The fourth-order valence-corrected chi connectivity index (χ4v) is 3.29. The number of nitrogens with one attached hydrogen (secondary N) is 1. The summed E-state index contributed by atoms with van der Waals surface area (Å²) in [6.45, 7) is 3.33. The first-order chi connectivity index (χ1) is 12.2.